The van der Waals surface area contributed by atoms with E-state index in [1.54, 1.807) is 0 Å². The van der Waals surface area contributed by atoms with Crippen molar-refractivity contribution in [1.29, 1.82) is 0 Å². The molecule has 0 saturated heterocycles. The van der Waals surface area contributed by atoms with E-state index in [1.165, 1.54) is 31.2 Å². The summed E-state index contributed by atoms with van der Waals surface area (Å²) in [5.74, 6) is 0. The van der Waals surface area contributed by atoms with Crippen molar-refractivity contribution >= 4 is 0 Å². The Bertz CT molecular complexity index is 218. The van der Waals surface area contributed by atoms with Gasteiger partial charge in [-0.15, -0.1) is 0 Å². The topological polar surface area (TPSA) is 0 Å². The molecule has 1 aromatic carbocycles. The fourth-order valence-corrected chi connectivity index (χ4v) is 1.83. The second-order valence-corrected chi connectivity index (χ2v) is 4.13. The molecule has 0 aliphatic carbocycles. The molecule has 0 nitrogen and oxygen atoms in total. The van der Waals surface area contributed by atoms with Crippen LogP contribution in [0.5, 0.6) is 0 Å². The fourth-order valence-electron chi connectivity index (χ4n) is 1.39. The van der Waals surface area contributed by atoms with Gasteiger partial charge in [-0.3, -0.25) is 0 Å². The van der Waals surface area contributed by atoms with Crippen LogP contribution in [0.2, 0.25) is 0 Å². The molecule has 1 atom stereocenters. The zero-order valence-corrected chi connectivity index (χ0v) is 9.25. The third kappa shape index (κ3) is 3.97. The molecule has 1 heteroatoms. The van der Waals surface area contributed by atoms with Crippen LogP contribution in [0.1, 0.15) is 43.0 Å². The van der Waals surface area contributed by atoms with E-state index in [0.717, 1.165) is 0 Å². The van der Waals surface area contributed by atoms with Gasteiger partial charge in [0.2, 0.25) is 0 Å². The monoisotopic (exact) mass is 217 g/mol. The summed E-state index contributed by atoms with van der Waals surface area (Å²) >= 11 is 4.18. The summed E-state index contributed by atoms with van der Waals surface area (Å²) in [6.07, 6.45) is 5.15. The SMILES string of the molecule is CCCCC[CH]([Fe])c1ccccc1. The normalized spacial score (nSPS) is 12.8. The van der Waals surface area contributed by atoms with Crippen LogP contribution in [-0.2, 0) is 16.0 Å². The Kier molecular flexibility index (Phi) is 5.19. The van der Waals surface area contributed by atoms with Crippen LogP contribution in [0, 0.1) is 0 Å². The van der Waals surface area contributed by atoms with Crippen molar-refractivity contribution in [3.8, 4) is 0 Å². The third-order valence-corrected chi connectivity index (χ3v) is 2.89. The zero-order chi connectivity index (χ0) is 9.52. The molecule has 0 bridgehead atoms. The molecule has 1 aromatic rings. The van der Waals surface area contributed by atoms with Crippen LogP contribution >= 0.6 is 0 Å². The Morgan fingerprint density at radius 2 is 1.85 bits per heavy atom. The molecule has 73 valence electrons. The first kappa shape index (κ1) is 10.8. The van der Waals surface area contributed by atoms with Crippen LogP contribution < -0.4 is 0 Å². The van der Waals surface area contributed by atoms with Gasteiger partial charge in [0.1, 0.15) is 0 Å². The molecule has 0 aliphatic rings. The Balaban J connectivity index is 2.35. The van der Waals surface area contributed by atoms with Gasteiger partial charge in [0, 0.05) is 0 Å². The Hall–Kier alpha value is -0.261. The number of hydrogen-bond acceptors (Lipinski definition) is 0. The molecular weight excluding hydrogens is 200 g/mol. The van der Waals surface area contributed by atoms with E-state index in [2.05, 4.69) is 53.3 Å². The molecule has 0 fully saturated rings. The van der Waals surface area contributed by atoms with Gasteiger partial charge in [-0.2, -0.15) is 0 Å². The Morgan fingerprint density at radius 1 is 1.15 bits per heavy atom. The van der Waals surface area contributed by atoms with E-state index < -0.39 is 0 Å². The number of benzene rings is 1. The van der Waals surface area contributed by atoms with Crippen LogP contribution in [-0.4, -0.2) is 0 Å². The number of unbranched alkanes of at least 4 members (excludes halogenated alkanes) is 2. The molecule has 1 rings (SSSR count). The quantitative estimate of drug-likeness (QED) is 0.519. The van der Waals surface area contributed by atoms with E-state index >= 15 is 0 Å². The summed E-state index contributed by atoms with van der Waals surface area (Å²) in [6.45, 7) is 2.24. The number of rotatable bonds is 5. The molecule has 0 heterocycles. The first-order valence-electron chi connectivity index (χ1n) is 5.02. The Morgan fingerprint density at radius 3 is 2.46 bits per heavy atom. The van der Waals surface area contributed by atoms with Gasteiger partial charge in [-0.25, -0.2) is 0 Å². The maximum absolute atomic E-state index is 4.18. The minimum atomic E-state index is 0.479. The van der Waals surface area contributed by atoms with Crippen LogP contribution in [0.4, 0.5) is 0 Å². The maximum atomic E-state index is 4.18. The summed E-state index contributed by atoms with van der Waals surface area (Å²) in [7, 11) is 0. The molecule has 13 heavy (non-hydrogen) atoms. The second-order valence-electron chi connectivity index (χ2n) is 3.36. The Labute approximate surface area is 89.6 Å². The predicted molar refractivity (Wildman–Crippen MR) is 53.3 cm³/mol. The van der Waals surface area contributed by atoms with Crippen molar-refractivity contribution < 1.29 is 16.0 Å². The summed E-state index contributed by atoms with van der Waals surface area (Å²) in [4.78, 5) is 0.479. The molecule has 0 amide bonds. The molecular formula is C12H17Fe. The minimum absolute atomic E-state index is 0.479. The molecule has 0 spiro atoms. The van der Waals surface area contributed by atoms with Gasteiger partial charge >= 0.3 is 89.3 Å². The van der Waals surface area contributed by atoms with E-state index in [9.17, 15) is 0 Å². The van der Waals surface area contributed by atoms with Gasteiger partial charge in [-0.05, 0) is 0 Å². The second kappa shape index (κ2) is 6.23. The summed E-state index contributed by atoms with van der Waals surface area (Å²) in [6, 6.07) is 10.6. The molecule has 0 radical (unpaired) electrons. The summed E-state index contributed by atoms with van der Waals surface area (Å²) in [5, 5.41) is 0. The van der Waals surface area contributed by atoms with Crippen molar-refractivity contribution in [1.82, 2.24) is 0 Å². The summed E-state index contributed by atoms with van der Waals surface area (Å²) < 4.78 is 0. The van der Waals surface area contributed by atoms with Crippen molar-refractivity contribution in [2.24, 2.45) is 0 Å². The van der Waals surface area contributed by atoms with Gasteiger partial charge in [-0.1, -0.05) is 0 Å². The first-order chi connectivity index (χ1) is 6.34. The first-order valence-corrected chi connectivity index (χ1v) is 5.66. The van der Waals surface area contributed by atoms with Gasteiger partial charge in [0.15, 0.2) is 0 Å². The van der Waals surface area contributed by atoms with E-state index in [4.69, 9.17) is 0 Å². The number of hydrogen-bond donors (Lipinski definition) is 0. The van der Waals surface area contributed by atoms with Crippen LogP contribution in [0.3, 0.4) is 0 Å². The van der Waals surface area contributed by atoms with Crippen molar-refractivity contribution in [2.75, 3.05) is 0 Å². The third-order valence-electron chi connectivity index (χ3n) is 2.21. The van der Waals surface area contributed by atoms with Gasteiger partial charge in [0.05, 0.1) is 0 Å². The molecule has 0 saturated carbocycles. The standard InChI is InChI=1S/C12H17.Fe/c1-2-3-4-6-9-12-10-7-5-8-11-12;/h5,7-11H,2-4,6H2,1H3;. The van der Waals surface area contributed by atoms with Crippen molar-refractivity contribution in [2.45, 2.75) is 37.4 Å². The average Bonchev–Trinajstić information content (AvgIpc) is 2.19. The van der Waals surface area contributed by atoms with Gasteiger partial charge in [0.25, 0.3) is 0 Å². The molecule has 0 N–H and O–H groups in total. The van der Waals surface area contributed by atoms with Crippen LogP contribution in [0.15, 0.2) is 30.3 Å². The van der Waals surface area contributed by atoms with Crippen molar-refractivity contribution in [3.05, 3.63) is 35.9 Å². The summed E-state index contributed by atoms with van der Waals surface area (Å²) in [5.41, 5.74) is 1.37. The zero-order valence-electron chi connectivity index (χ0n) is 8.15. The van der Waals surface area contributed by atoms with E-state index in [0.29, 0.717) is 4.82 Å². The predicted octanol–water partition coefficient (Wildman–Crippen LogP) is 3.85. The van der Waals surface area contributed by atoms with Crippen molar-refractivity contribution in [3.63, 3.8) is 0 Å². The van der Waals surface area contributed by atoms with Crippen LogP contribution in [0.25, 0.3) is 0 Å². The van der Waals surface area contributed by atoms with E-state index in [-0.39, 0.29) is 0 Å². The fraction of sp³-hybridized carbons (Fsp3) is 0.500. The molecule has 0 aliphatic heterocycles. The average molecular weight is 217 g/mol. The van der Waals surface area contributed by atoms with E-state index in [1.807, 2.05) is 0 Å². The van der Waals surface area contributed by atoms with Gasteiger partial charge < -0.3 is 0 Å². The molecule has 1 unspecified atom stereocenters. The molecule has 0 aromatic heterocycles.